The summed E-state index contributed by atoms with van der Waals surface area (Å²) in [6.45, 7) is 11.4. The Morgan fingerprint density at radius 1 is 1.13 bits per heavy atom. The van der Waals surface area contributed by atoms with Crippen LogP contribution in [0.5, 0.6) is 0 Å². The third-order valence-electron chi connectivity index (χ3n) is 9.42. The Balaban J connectivity index is 1.57. The first-order valence-corrected chi connectivity index (χ1v) is 12.0. The Labute approximate surface area is 182 Å². The number of nitrogens with zero attached hydrogens (tertiary/aromatic N) is 1. The summed E-state index contributed by atoms with van der Waals surface area (Å²) in [5.41, 5.74) is 3.09. The molecular weight excluding hydrogens is 372 g/mol. The third kappa shape index (κ3) is 3.87. The van der Waals surface area contributed by atoms with Gasteiger partial charge in [0.25, 0.3) is 0 Å². The number of hydrogen-bond acceptors (Lipinski definition) is 4. The van der Waals surface area contributed by atoms with Gasteiger partial charge in [0.1, 0.15) is 0 Å². The van der Waals surface area contributed by atoms with Crippen molar-refractivity contribution in [2.75, 3.05) is 13.2 Å². The van der Waals surface area contributed by atoms with Crippen molar-refractivity contribution in [3.05, 3.63) is 42.2 Å². The summed E-state index contributed by atoms with van der Waals surface area (Å²) in [5.74, 6) is 2.02. The highest BCUT2D eigenvalue weighted by Crippen LogP contribution is 2.63. The van der Waals surface area contributed by atoms with E-state index in [2.05, 4.69) is 42.9 Å². The number of rotatable bonds is 6. The van der Waals surface area contributed by atoms with Crippen molar-refractivity contribution in [3.63, 3.8) is 0 Å². The summed E-state index contributed by atoms with van der Waals surface area (Å²) in [6, 6.07) is 4.16. The van der Waals surface area contributed by atoms with E-state index in [0.29, 0.717) is 17.8 Å². The zero-order valence-electron chi connectivity index (χ0n) is 18.8. The van der Waals surface area contributed by atoms with E-state index in [0.717, 1.165) is 38.8 Å². The van der Waals surface area contributed by atoms with Gasteiger partial charge in [-0.1, -0.05) is 26.0 Å². The van der Waals surface area contributed by atoms with Gasteiger partial charge in [0.05, 0.1) is 6.10 Å². The molecule has 30 heavy (non-hydrogen) atoms. The fourth-order valence-electron chi connectivity index (χ4n) is 7.35. The van der Waals surface area contributed by atoms with E-state index < -0.39 is 0 Å². The number of pyridine rings is 1. The lowest BCUT2D eigenvalue weighted by Gasteiger charge is -2.56. The van der Waals surface area contributed by atoms with E-state index in [4.69, 9.17) is 0 Å². The molecule has 3 aliphatic carbocycles. The Hall–Kier alpha value is -1.23. The molecule has 7 unspecified atom stereocenters. The largest absolute Gasteiger partial charge is 0.396 e. The van der Waals surface area contributed by atoms with E-state index in [9.17, 15) is 10.2 Å². The number of aliphatic hydroxyl groups is 2. The van der Waals surface area contributed by atoms with E-state index in [1.807, 2.05) is 12.4 Å². The van der Waals surface area contributed by atoms with Crippen molar-refractivity contribution in [2.24, 2.45) is 34.5 Å². The maximum atomic E-state index is 10.3. The second-order valence-electron chi connectivity index (χ2n) is 10.8. The van der Waals surface area contributed by atoms with E-state index in [1.165, 1.54) is 30.4 Å². The normalized spacial score (nSPS) is 41.6. The Morgan fingerprint density at radius 3 is 2.63 bits per heavy atom. The van der Waals surface area contributed by atoms with Gasteiger partial charge in [0.2, 0.25) is 0 Å². The highest BCUT2D eigenvalue weighted by Gasteiger charge is 2.56. The van der Waals surface area contributed by atoms with Gasteiger partial charge >= 0.3 is 0 Å². The monoisotopic (exact) mass is 412 g/mol. The van der Waals surface area contributed by atoms with Crippen molar-refractivity contribution in [2.45, 2.75) is 71.4 Å². The molecule has 1 heterocycles. The van der Waals surface area contributed by atoms with E-state index in [-0.39, 0.29) is 29.5 Å². The maximum absolute atomic E-state index is 10.3. The average molecular weight is 413 g/mol. The van der Waals surface area contributed by atoms with Crippen molar-refractivity contribution in [3.8, 4) is 0 Å². The Morgan fingerprint density at radius 2 is 1.90 bits per heavy atom. The lowest BCUT2D eigenvalue weighted by molar-refractivity contribution is -0.0933. The maximum Gasteiger partial charge on any atom is 0.0544 e. The quantitative estimate of drug-likeness (QED) is 0.609. The van der Waals surface area contributed by atoms with Crippen LogP contribution in [0, 0.1) is 34.5 Å². The van der Waals surface area contributed by atoms with Crippen LogP contribution >= 0.6 is 0 Å². The van der Waals surface area contributed by atoms with Crippen LogP contribution in [0.25, 0.3) is 0 Å². The zero-order valence-corrected chi connectivity index (χ0v) is 18.8. The van der Waals surface area contributed by atoms with Crippen LogP contribution < -0.4 is 5.32 Å². The van der Waals surface area contributed by atoms with E-state index >= 15 is 0 Å². The first kappa shape index (κ1) is 22.0. The van der Waals surface area contributed by atoms with Crippen LogP contribution in [-0.4, -0.2) is 34.5 Å². The van der Waals surface area contributed by atoms with Gasteiger partial charge in [-0.3, -0.25) is 4.98 Å². The standard InChI is InChI=1S/C26H40N2O2/c1-18-4-5-23-22(16-28-15-19-8-12-27-13-9-19)24(7-11-25(18,23)2)26(3)10-6-21(30)14-20(26)17-29/h8-9,12-13,20-24,28-30H,1,4-7,10-11,14-17H2,2-3H3. The number of fused-ring (bicyclic) bond motifs is 1. The lowest BCUT2D eigenvalue weighted by Crippen LogP contribution is -2.53. The molecule has 0 amide bonds. The molecule has 0 bridgehead atoms. The molecule has 3 aliphatic rings. The molecular formula is C26H40N2O2. The molecule has 0 aromatic carbocycles. The van der Waals surface area contributed by atoms with Gasteiger partial charge in [-0.15, -0.1) is 0 Å². The summed E-state index contributed by atoms with van der Waals surface area (Å²) in [7, 11) is 0. The molecule has 0 saturated heterocycles. The highest BCUT2D eigenvalue weighted by atomic mass is 16.3. The summed E-state index contributed by atoms with van der Waals surface area (Å²) in [4.78, 5) is 4.13. The second-order valence-corrected chi connectivity index (χ2v) is 10.8. The van der Waals surface area contributed by atoms with Crippen LogP contribution in [-0.2, 0) is 6.54 Å². The fraction of sp³-hybridized carbons (Fsp3) is 0.731. The highest BCUT2D eigenvalue weighted by molar-refractivity contribution is 5.21. The minimum Gasteiger partial charge on any atom is -0.396 e. The SMILES string of the molecule is C=C1CCC2C(CNCc3ccncc3)C(C3(C)CCC(O)CC3CO)CCC12C. The van der Waals surface area contributed by atoms with Gasteiger partial charge in [-0.2, -0.15) is 0 Å². The Bertz CT molecular complexity index is 738. The van der Waals surface area contributed by atoms with Crippen molar-refractivity contribution >= 4 is 0 Å². The average Bonchev–Trinajstić information content (AvgIpc) is 3.05. The first-order chi connectivity index (χ1) is 14.4. The lowest BCUT2D eigenvalue weighted by atomic mass is 9.49. The molecule has 0 spiro atoms. The molecule has 4 heteroatoms. The van der Waals surface area contributed by atoms with Crippen molar-refractivity contribution in [1.29, 1.82) is 0 Å². The molecule has 1 aromatic rings. The topological polar surface area (TPSA) is 65.4 Å². The van der Waals surface area contributed by atoms with Gasteiger partial charge < -0.3 is 15.5 Å². The Kier molecular flexibility index (Phi) is 6.39. The fourth-order valence-corrected chi connectivity index (χ4v) is 7.35. The third-order valence-corrected chi connectivity index (χ3v) is 9.42. The van der Waals surface area contributed by atoms with Crippen LogP contribution in [0.4, 0.5) is 0 Å². The zero-order chi connectivity index (χ0) is 21.4. The minimum absolute atomic E-state index is 0.0995. The summed E-state index contributed by atoms with van der Waals surface area (Å²) in [6.07, 6.45) is 10.9. The summed E-state index contributed by atoms with van der Waals surface area (Å²) in [5, 5.41) is 24.3. The molecule has 7 atom stereocenters. The molecule has 3 saturated carbocycles. The van der Waals surface area contributed by atoms with Gasteiger partial charge in [0, 0.05) is 25.5 Å². The molecule has 4 nitrogen and oxygen atoms in total. The molecule has 0 aliphatic heterocycles. The van der Waals surface area contributed by atoms with Crippen LogP contribution in [0.1, 0.15) is 64.4 Å². The van der Waals surface area contributed by atoms with E-state index in [1.54, 1.807) is 0 Å². The minimum atomic E-state index is -0.251. The smallest absolute Gasteiger partial charge is 0.0544 e. The second kappa shape index (κ2) is 8.72. The molecule has 0 radical (unpaired) electrons. The predicted molar refractivity (Wildman–Crippen MR) is 121 cm³/mol. The predicted octanol–water partition coefficient (Wildman–Crippen LogP) is 4.33. The first-order valence-electron chi connectivity index (χ1n) is 12.0. The van der Waals surface area contributed by atoms with Crippen LogP contribution in [0.2, 0.25) is 0 Å². The molecule has 3 N–H and O–H groups in total. The van der Waals surface area contributed by atoms with Crippen molar-refractivity contribution < 1.29 is 10.2 Å². The van der Waals surface area contributed by atoms with Crippen LogP contribution in [0.15, 0.2) is 36.7 Å². The number of aliphatic hydroxyl groups excluding tert-OH is 2. The summed E-state index contributed by atoms with van der Waals surface area (Å²) < 4.78 is 0. The molecule has 166 valence electrons. The number of aromatic nitrogens is 1. The number of nitrogens with one attached hydrogen (secondary N) is 1. The summed E-state index contributed by atoms with van der Waals surface area (Å²) >= 11 is 0. The van der Waals surface area contributed by atoms with Gasteiger partial charge in [0.15, 0.2) is 0 Å². The van der Waals surface area contributed by atoms with Gasteiger partial charge in [-0.05, 0) is 104 Å². The molecule has 4 rings (SSSR count). The number of hydrogen-bond donors (Lipinski definition) is 3. The molecule has 1 aromatic heterocycles. The van der Waals surface area contributed by atoms with Crippen molar-refractivity contribution in [1.82, 2.24) is 10.3 Å². The number of allylic oxidation sites excluding steroid dienone is 1. The molecule has 3 fully saturated rings. The van der Waals surface area contributed by atoms with Gasteiger partial charge in [-0.25, -0.2) is 0 Å². The van der Waals surface area contributed by atoms with Crippen LogP contribution in [0.3, 0.4) is 0 Å².